The molecule has 0 N–H and O–H groups in total. The van der Waals surface area contributed by atoms with E-state index in [0.29, 0.717) is 17.4 Å². The van der Waals surface area contributed by atoms with Crippen molar-refractivity contribution in [2.75, 3.05) is 19.0 Å². The lowest BCUT2D eigenvalue weighted by molar-refractivity contribution is 0.594. The number of hydrogen-bond donors (Lipinski definition) is 0. The Morgan fingerprint density at radius 3 is 2.44 bits per heavy atom. The van der Waals surface area contributed by atoms with Gasteiger partial charge in [-0.1, -0.05) is 26.0 Å². The van der Waals surface area contributed by atoms with Gasteiger partial charge in [0.05, 0.1) is 5.39 Å². The Balaban J connectivity index is 2.90. The smallest absolute Gasteiger partial charge is 0.199 e. The van der Waals surface area contributed by atoms with E-state index in [1.165, 1.54) is 0 Å². The maximum Gasteiger partial charge on any atom is 0.199 e. The zero-order chi connectivity index (χ0) is 13.4. The van der Waals surface area contributed by atoms with E-state index in [4.69, 9.17) is 4.42 Å². The predicted molar refractivity (Wildman–Crippen MR) is 75.6 cm³/mol. The second kappa shape index (κ2) is 4.48. The van der Waals surface area contributed by atoms with Crippen molar-refractivity contribution in [1.82, 2.24) is 0 Å². The molecule has 0 aliphatic carbocycles. The lowest BCUT2D eigenvalue weighted by Gasteiger charge is -2.14. The van der Waals surface area contributed by atoms with Crippen molar-refractivity contribution in [1.29, 1.82) is 0 Å². The molecule has 0 unspecified atom stereocenters. The summed E-state index contributed by atoms with van der Waals surface area (Å²) in [6.07, 6.45) is 0. The maximum absolute atomic E-state index is 12.3. The fourth-order valence-corrected chi connectivity index (χ4v) is 2.11. The number of benzene rings is 1. The Morgan fingerprint density at radius 1 is 1.22 bits per heavy atom. The van der Waals surface area contributed by atoms with Gasteiger partial charge < -0.3 is 9.32 Å². The van der Waals surface area contributed by atoms with Crippen molar-refractivity contribution >= 4 is 16.9 Å². The molecule has 3 nitrogen and oxygen atoms in total. The molecular formula is C15H19NO2. The summed E-state index contributed by atoms with van der Waals surface area (Å²) in [7, 11) is 3.73. The molecule has 0 aliphatic rings. The molecule has 0 fully saturated rings. The van der Waals surface area contributed by atoms with Crippen molar-refractivity contribution < 1.29 is 4.42 Å². The van der Waals surface area contributed by atoms with Gasteiger partial charge in [0.1, 0.15) is 5.58 Å². The largest absolute Gasteiger partial charge is 0.440 e. The van der Waals surface area contributed by atoms with Crippen LogP contribution < -0.4 is 10.3 Å². The van der Waals surface area contributed by atoms with E-state index in [9.17, 15) is 4.79 Å². The van der Waals surface area contributed by atoms with E-state index >= 15 is 0 Å². The SMILES string of the molecule is Cc1ccc(C(C)C)c2c(=O)cc(N(C)C)oc12. The number of rotatable bonds is 2. The lowest BCUT2D eigenvalue weighted by atomic mass is 9.96. The topological polar surface area (TPSA) is 33.5 Å². The van der Waals surface area contributed by atoms with E-state index in [-0.39, 0.29) is 5.43 Å². The second-order valence-corrected chi connectivity index (χ2v) is 5.17. The summed E-state index contributed by atoms with van der Waals surface area (Å²) >= 11 is 0. The van der Waals surface area contributed by atoms with Gasteiger partial charge in [0.25, 0.3) is 0 Å². The highest BCUT2D eigenvalue weighted by Crippen LogP contribution is 2.27. The van der Waals surface area contributed by atoms with Gasteiger partial charge >= 0.3 is 0 Å². The number of anilines is 1. The van der Waals surface area contributed by atoms with Crippen LogP contribution in [0.5, 0.6) is 0 Å². The van der Waals surface area contributed by atoms with E-state index < -0.39 is 0 Å². The van der Waals surface area contributed by atoms with Crippen LogP contribution in [0.3, 0.4) is 0 Å². The average molecular weight is 245 g/mol. The van der Waals surface area contributed by atoms with Crippen molar-refractivity contribution in [3.05, 3.63) is 39.5 Å². The monoisotopic (exact) mass is 245 g/mol. The van der Waals surface area contributed by atoms with Crippen molar-refractivity contribution in [2.24, 2.45) is 0 Å². The summed E-state index contributed by atoms with van der Waals surface area (Å²) in [4.78, 5) is 14.1. The van der Waals surface area contributed by atoms with Crippen LogP contribution in [0.2, 0.25) is 0 Å². The van der Waals surface area contributed by atoms with E-state index in [0.717, 1.165) is 16.5 Å². The van der Waals surface area contributed by atoms with Crippen LogP contribution in [0.4, 0.5) is 5.88 Å². The predicted octanol–water partition coefficient (Wildman–Crippen LogP) is 3.29. The van der Waals surface area contributed by atoms with Crippen LogP contribution in [0, 0.1) is 6.92 Å². The van der Waals surface area contributed by atoms with E-state index in [1.807, 2.05) is 38.1 Å². The highest BCUT2D eigenvalue weighted by Gasteiger charge is 2.14. The molecule has 18 heavy (non-hydrogen) atoms. The van der Waals surface area contributed by atoms with Crippen LogP contribution in [0.25, 0.3) is 11.0 Å². The number of nitrogens with zero attached hydrogens (tertiary/aromatic N) is 1. The number of hydrogen-bond acceptors (Lipinski definition) is 3. The third kappa shape index (κ3) is 2.01. The molecule has 0 amide bonds. The lowest BCUT2D eigenvalue weighted by Crippen LogP contribution is -2.13. The first-order valence-corrected chi connectivity index (χ1v) is 6.16. The van der Waals surface area contributed by atoms with Gasteiger partial charge in [0.2, 0.25) is 0 Å². The fraction of sp³-hybridized carbons (Fsp3) is 0.400. The van der Waals surface area contributed by atoms with Crippen LogP contribution in [-0.2, 0) is 0 Å². The zero-order valence-electron chi connectivity index (χ0n) is 11.6. The Kier molecular flexibility index (Phi) is 3.16. The van der Waals surface area contributed by atoms with Crippen molar-refractivity contribution in [2.45, 2.75) is 26.7 Å². The van der Waals surface area contributed by atoms with Crippen LogP contribution >= 0.6 is 0 Å². The van der Waals surface area contributed by atoms with E-state index in [2.05, 4.69) is 13.8 Å². The molecule has 2 aromatic rings. The highest BCUT2D eigenvalue weighted by molar-refractivity contribution is 5.84. The second-order valence-electron chi connectivity index (χ2n) is 5.17. The molecule has 0 spiro atoms. The molecule has 0 saturated heterocycles. The van der Waals surface area contributed by atoms with Crippen molar-refractivity contribution in [3.63, 3.8) is 0 Å². The average Bonchev–Trinajstić information content (AvgIpc) is 2.29. The van der Waals surface area contributed by atoms with Crippen LogP contribution in [-0.4, -0.2) is 14.1 Å². The Bertz CT molecular complexity index is 639. The van der Waals surface area contributed by atoms with E-state index in [1.54, 1.807) is 6.07 Å². The Morgan fingerprint density at radius 2 is 1.89 bits per heavy atom. The Labute approximate surface area is 107 Å². The summed E-state index contributed by atoms with van der Waals surface area (Å²) in [6, 6.07) is 5.60. The first-order chi connectivity index (χ1) is 8.41. The molecule has 1 aromatic carbocycles. The minimum Gasteiger partial charge on any atom is -0.440 e. The molecule has 0 bridgehead atoms. The Hall–Kier alpha value is -1.77. The normalized spacial score (nSPS) is 11.2. The molecule has 0 aliphatic heterocycles. The summed E-state index contributed by atoms with van der Waals surface area (Å²) in [6.45, 7) is 6.14. The van der Waals surface area contributed by atoms with Crippen LogP contribution in [0.1, 0.15) is 30.9 Å². The summed E-state index contributed by atoms with van der Waals surface area (Å²) in [5, 5.41) is 0.718. The molecule has 0 radical (unpaired) electrons. The molecule has 1 aromatic heterocycles. The minimum absolute atomic E-state index is 0.0346. The first-order valence-electron chi connectivity index (χ1n) is 6.16. The first kappa shape index (κ1) is 12.7. The quantitative estimate of drug-likeness (QED) is 0.814. The van der Waals surface area contributed by atoms with Gasteiger partial charge in [-0.15, -0.1) is 0 Å². The maximum atomic E-state index is 12.3. The van der Waals surface area contributed by atoms with Gasteiger partial charge in [-0.05, 0) is 24.0 Å². The van der Waals surface area contributed by atoms with Gasteiger partial charge in [-0.2, -0.15) is 0 Å². The van der Waals surface area contributed by atoms with Crippen LogP contribution in [0.15, 0.2) is 27.4 Å². The fourth-order valence-electron chi connectivity index (χ4n) is 2.11. The summed E-state index contributed by atoms with van der Waals surface area (Å²) in [5.74, 6) is 0.901. The molecule has 96 valence electrons. The molecule has 0 saturated carbocycles. The summed E-state index contributed by atoms with van der Waals surface area (Å²) < 4.78 is 5.85. The van der Waals surface area contributed by atoms with Gasteiger partial charge in [-0.25, -0.2) is 0 Å². The molecule has 3 heteroatoms. The molecule has 1 heterocycles. The van der Waals surface area contributed by atoms with Gasteiger partial charge in [-0.3, -0.25) is 4.79 Å². The molecule has 0 atom stereocenters. The molecule has 2 rings (SSSR count). The summed E-state index contributed by atoms with van der Waals surface area (Å²) in [5.41, 5.74) is 2.79. The van der Waals surface area contributed by atoms with Crippen molar-refractivity contribution in [3.8, 4) is 0 Å². The molecular weight excluding hydrogens is 226 g/mol. The number of aryl methyl sites for hydroxylation is 1. The van der Waals surface area contributed by atoms with Gasteiger partial charge in [0, 0.05) is 20.2 Å². The highest BCUT2D eigenvalue weighted by atomic mass is 16.4. The zero-order valence-corrected chi connectivity index (χ0v) is 11.6. The van der Waals surface area contributed by atoms with Gasteiger partial charge in [0.15, 0.2) is 11.3 Å². The third-order valence-electron chi connectivity index (χ3n) is 3.16. The minimum atomic E-state index is 0.0346. The standard InChI is InChI=1S/C15H19NO2/c1-9(2)11-7-6-10(3)15-14(11)12(17)8-13(18-15)16(4)5/h6-9H,1-5H3. The number of fused-ring (bicyclic) bond motifs is 1. The third-order valence-corrected chi connectivity index (χ3v) is 3.16.